The van der Waals surface area contributed by atoms with Crippen LogP contribution in [0.5, 0.6) is 0 Å². The largest absolute Gasteiger partial charge is 0.466 e. The number of carbonyl (C=O) groups excluding carboxylic acids is 3. The van der Waals surface area contributed by atoms with E-state index in [1.54, 1.807) is 0 Å². The van der Waals surface area contributed by atoms with E-state index in [-0.39, 0.29) is 19.6 Å². The molecule has 0 spiro atoms. The highest BCUT2D eigenvalue weighted by atomic mass is 16.6. The summed E-state index contributed by atoms with van der Waals surface area (Å²) in [5.41, 5.74) is 0. The molecule has 1 unspecified atom stereocenters. The molecule has 194 valence electrons. The fourth-order valence-electron chi connectivity index (χ4n) is 2.47. The average molecular weight is 489 g/mol. The molecule has 0 rings (SSSR count). The summed E-state index contributed by atoms with van der Waals surface area (Å²) >= 11 is 0. The van der Waals surface area contributed by atoms with Crippen molar-refractivity contribution in [3.05, 3.63) is 72.9 Å². The van der Waals surface area contributed by atoms with Crippen molar-refractivity contribution < 1.29 is 33.7 Å². The fraction of sp³-hybridized carbons (Fsp3) is 0.464. The Labute approximate surface area is 209 Å². The van der Waals surface area contributed by atoms with Crippen molar-refractivity contribution in [3.63, 3.8) is 0 Å². The van der Waals surface area contributed by atoms with Gasteiger partial charge in [-0.25, -0.2) is 9.59 Å². The van der Waals surface area contributed by atoms with Crippen molar-refractivity contribution in [1.29, 1.82) is 0 Å². The van der Waals surface area contributed by atoms with Gasteiger partial charge in [-0.15, -0.1) is 0 Å². The van der Waals surface area contributed by atoms with E-state index in [0.717, 1.165) is 50.7 Å². The molecule has 0 aliphatic rings. The number of aliphatic hydroxyl groups excluding tert-OH is 1. The number of ether oxygens (including phenoxy) is 3. The minimum atomic E-state index is -1.14. The second kappa shape index (κ2) is 24.0. The summed E-state index contributed by atoms with van der Waals surface area (Å²) in [4.78, 5) is 33.9. The fourth-order valence-corrected chi connectivity index (χ4v) is 2.47. The van der Waals surface area contributed by atoms with Crippen molar-refractivity contribution in [3.8, 4) is 0 Å². The molecule has 1 N–H and O–H groups in total. The van der Waals surface area contributed by atoms with Crippen LogP contribution in [0.2, 0.25) is 0 Å². The maximum atomic E-state index is 11.7. The maximum absolute atomic E-state index is 11.7. The lowest BCUT2D eigenvalue weighted by molar-refractivity contribution is -0.150. The van der Waals surface area contributed by atoms with E-state index < -0.39 is 24.0 Å². The SMILES string of the molecule is CCC=CCC=CCC=CCC=CCC=CCCCC(=O)OCC(O)COC(=O)C=CC(=O)OC. The Morgan fingerprint density at radius 3 is 1.74 bits per heavy atom. The third kappa shape index (κ3) is 23.8. The first-order valence-electron chi connectivity index (χ1n) is 12.0. The number of aliphatic hydroxyl groups is 1. The molecule has 0 aliphatic heterocycles. The highest BCUT2D eigenvalue weighted by Crippen LogP contribution is 2.02. The predicted octanol–water partition coefficient (Wildman–Crippen LogP) is 5.08. The Hall–Kier alpha value is -3.19. The number of rotatable bonds is 19. The van der Waals surface area contributed by atoms with Gasteiger partial charge in [-0.05, 0) is 44.9 Å². The van der Waals surface area contributed by atoms with Crippen molar-refractivity contribution >= 4 is 17.9 Å². The summed E-state index contributed by atoms with van der Waals surface area (Å²) in [7, 11) is 1.18. The minimum absolute atomic E-state index is 0.239. The van der Waals surface area contributed by atoms with E-state index in [2.05, 4.69) is 66.3 Å². The molecule has 0 amide bonds. The van der Waals surface area contributed by atoms with Crippen LogP contribution in [-0.2, 0) is 28.6 Å². The molecule has 0 saturated carbocycles. The second-order valence-corrected chi connectivity index (χ2v) is 7.42. The minimum Gasteiger partial charge on any atom is -0.466 e. The van der Waals surface area contributed by atoms with Crippen LogP contribution >= 0.6 is 0 Å². The number of unbranched alkanes of at least 4 members (excludes halogenated alkanes) is 1. The van der Waals surface area contributed by atoms with Gasteiger partial charge in [0, 0.05) is 18.6 Å². The number of esters is 3. The van der Waals surface area contributed by atoms with E-state index in [0.29, 0.717) is 6.42 Å². The topological polar surface area (TPSA) is 99.1 Å². The molecule has 35 heavy (non-hydrogen) atoms. The lowest BCUT2D eigenvalue weighted by Crippen LogP contribution is -2.25. The molecular weight excluding hydrogens is 448 g/mol. The Morgan fingerprint density at radius 1 is 0.714 bits per heavy atom. The molecule has 7 nitrogen and oxygen atoms in total. The first-order chi connectivity index (χ1) is 17.0. The molecule has 1 atom stereocenters. The molecule has 0 heterocycles. The number of hydrogen-bond donors (Lipinski definition) is 1. The standard InChI is InChI=1S/C28H40O7/c1-3-4-5-6-7-8-9-10-11-12-13-14-15-16-17-18-19-20-27(31)34-23-25(29)24-35-28(32)22-21-26(30)33-2/h4-5,7-8,10-11,13-14,16-17,21-22,25,29H,3,6,9,12,15,18-20,23-24H2,1-2H3. The second-order valence-electron chi connectivity index (χ2n) is 7.42. The van der Waals surface area contributed by atoms with Crippen molar-refractivity contribution in [1.82, 2.24) is 0 Å². The molecule has 0 saturated heterocycles. The van der Waals surface area contributed by atoms with E-state index in [1.807, 2.05) is 6.08 Å². The van der Waals surface area contributed by atoms with Crippen LogP contribution < -0.4 is 0 Å². The summed E-state index contributed by atoms with van der Waals surface area (Å²) < 4.78 is 14.0. The first-order valence-corrected chi connectivity index (χ1v) is 12.0. The van der Waals surface area contributed by atoms with Crippen LogP contribution in [-0.4, -0.2) is 49.4 Å². The molecule has 0 radical (unpaired) electrons. The van der Waals surface area contributed by atoms with Crippen LogP contribution in [0.15, 0.2) is 72.9 Å². The quantitative estimate of drug-likeness (QED) is 0.0889. The third-order valence-electron chi connectivity index (χ3n) is 4.32. The van der Waals surface area contributed by atoms with Gasteiger partial charge in [0.05, 0.1) is 7.11 Å². The number of methoxy groups -OCH3 is 1. The first kappa shape index (κ1) is 31.8. The summed E-state index contributed by atoms with van der Waals surface area (Å²) in [5, 5.41) is 9.69. The normalized spacial score (nSPS) is 13.1. The van der Waals surface area contributed by atoms with Crippen molar-refractivity contribution in [2.24, 2.45) is 0 Å². The molecule has 0 aromatic rings. The Balaban J connectivity index is 3.72. The monoisotopic (exact) mass is 488 g/mol. The van der Waals surface area contributed by atoms with Gasteiger partial charge in [0.1, 0.15) is 19.3 Å². The van der Waals surface area contributed by atoms with Gasteiger partial charge in [0.2, 0.25) is 0 Å². The van der Waals surface area contributed by atoms with Gasteiger partial charge >= 0.3 is 17.9 Å². The van der Waals surface area contributed by atoms with Crippen LogP contribution in [0, 0.1) is 0 Å². The van der Waals surface area contributed by atoms with Crippen LogP contribution in [0.4, 0.5) is 0 Å². The highest BCUT2D eigenvalue weighted by molar-refractivity contribution is 5.91. The van der Waals surface area contributed by atoms with Gasteiger partial charge in [0.15, 0.2) is 0 Å². The van der Waals surface area contributed by atoms with Crippen molar-refractivity contribution in [2.75, 3.05) is 20.3 Å². The number of carbonyl (C=O) groups is 3. The maximum Gasteiger partial charge on any atom is 0.331 e. The Bertz CT molecular complexity index is 757. The summed E-state index contributed by atoms with van der Waals surface area (Å²) in [5.74, 6) is -1.92. The zero-order chi connectivity index (χ0) is 26.0. The van der Waals surface area contributed by atoms with E-state index >= 15 is 0 Å². The smallest absolute Gasteiger partial charge is 0.331 e. The summed E-state index contributed by atoms with van der Waals surface area (Å²) in [6.07, 6.45) is 28.4. The van der Waals surface area contributed by atoms with E-state index in [9.17, 15) is 19.5 Å². The molecule has 0 aliphatic carbocycles. The van der Waals surface area contributed by atoms with Gasteiger partial charge in [-0.1, -0.05) is 67.7 Å². The van der Waals surface area contributed by atoms with Crippen LogP contribution in [0.25, 0.3) is 0 Å². The lowest BCUT2D eigenvalue weighted by Gasteiger charge is -2.11. The van der Waals surface area contributed by atoms with Crippen molar-refractivity contribution in [2.45, 2.75) is 64.4 Å². The lowest BCUT2D eigenvalue weighted by atomic mass is 10.2. The zero-order valence-electron chi connectivity index (χ0n) is 21.0. The van der Waals surface area contributed by atoms with Gasteiger partial charge in [-0.3, -0.25) is 4.79 Å². The van der Waals surface area contributed by atoms with Gasteiger partial charge in [0.25, 0.3) is 0 Å². The predicted molar refractivity (Wildman–Crippen MR) is 137 cm³/mol. The van der Waals surface area contributed by atoms with Gasteiger partial charge < -0.3 is 19.3 Å². The molecule has 0 aromatic heterocycles. The molecule has 7 heteroatoms. The Morgan fingerprint density at radius 2 is 1.20 bits per heavy atom. The number of hydrogen-bond acceptors (Lipinski definition) is 7. The summed E-state index contributed by atoms with van der Waals surface area (Å²) in [6.45, 7) is 1.51. The molecule has 0 aromatic carbocycles. The summed E-state index contributed by atoms with van der Waals surface area (Å²) in [6, 6.07) is 0. The third-order valence-corrected chi connectivity index (χ3v) is 4.32. The average Bonchev–Trinajstić information content (AvgIpc) is 2.86. The van der Waals surface area contributed by atoms with Crippen LogP contribution in [0.1, 0.15) is 58.3 Å². The molecule has 0 fully saturated rings. The highest BCUT2D eigenvalue weighted by Gasteiger charge is 2.11. The van der Waals surface area contributed by atoms with Gasteiger partial charge in [-0.2, -0.15) is 0 Å². The van der Waals surface area contributed by atoms with Crippen LogP contribution in [0.3, 0.4) is 0 Å². The van der Waals surface area contributed by atoms with E-state index in [4.69, 9.17) is 9.47 Å². The molecular formula is C28H40O7. The number of allylic oxidation sites excluding steroid dienone is 10. The van der Waals surface area contributed by atoms with E-state index in [1.165, 1.54) is 7.11 Å². The Kier molecular flexibility index (Phi) is 21.8. The molecule has 0 bridgehead atoms. The zero-order valence-corrected chi connectivity index (χ0v) is 21.0.